The van der Waals surface area contributed by atoms with E-state index in [-0.39, 0.29) is 0 Å². The molecule has 0 aromatic rings. The Balaban J connectivity index is 2.89. The van der Waals surface area contributed by atoms with Crippen LogP contribution in [0.5, 0.6) is 0 Å². The van der Waals surface area contributed by atoms with Crippen LogP contribution < -0.4 is 0 Å². The van der Waals surface area contributed by atoms with Crippen molar-refractivity contribution in [3.05, 3.63) is 0 Å². The molecule has 0 amide bonds. The second kappa shape index (κ2) is 7.80. The second-order valence-electron chi connectivity index (χ2n) is 2.83. The summed E-state index contributed by atoms with van der Waals surface area (Å²) >= 11 is 4.78. The first kappa shape index (κ1) is 10.7. The molecule has 61 valence electrons. The molecule has 0 spiro atoms. The van der Waals surface area contributed by atoms with Crippen LogP contribution in [0.3, 0.4) is 0 Å². The lowest BCUT2D eigenvalue weighted by Gasteiger charge is -2.05. The molecule has 0 aliphatic rings. The maximum Gasteiger partial charge on any atom is 0.00454 e. The molecule has 0 aliphatic heterocycles. The molecule has 1 unspecified atom stereocenters. The van der Waals surface area contributed by atoms with Crippen LogP contribution in [-0.2, 0) is 0 Å². The van der Waals surface area contributed by atoms with E-state index in [4.69, 9.17) is 11.7 Å². The fraction of sp³-hybridized carbons (Fsp3) is 1.00. The van der Waals surface area contributed by atoms with Gasteiger partial charge in [-0.25, -0.2) is 0 Å². The lowest BCUT2D eigenvalue weighted by atomic mass is 10.0. The summed E-state index contributed by atoms with van der Waals surface area (Å²) in [7, 11) is 1.54. The molecule has 0 aromatic carbocycles. The van der Waals surface area contributed by atoms with Gasteiger partial charge in [0.05, 0.1) is 0 Å². The lowest BCUT2D eigenvalue weighted by molar-refractivity contribution is 0.493. The Labute approximate surface area is 74.0 Å². The zero-order valence-electron chi connectivity index (χ0n) is 6.93. The largest absolute Gasteiger partial charge is 0.0817 e. The van der Waals surface area contributed by atoms with Crippen molar-refractivity contribution in [2.45, 2.75) is 39.5 Å². The summed E-state index contributed by atoms with van der Waals surface area (Å²) in [6.07, 6.45) is 5.37. The molecule has 0 saturated heterocycles. The van der Waals surface area contributed by atoms with Crippen LogP contribution in [0.1, 0.15) is 39.5 Å². The fourth-order valence-corrected chi connectivity index (χ4v) is 1.53. The Bertz CT molecular complexity index is 64.3. The van der Waals surface area contributed by atoms with Gasteiger partial charge >= 0.3 is 0 Å². The van der Waals surface area contributed by atoms with E-state index in [2.05, 4.69) is 13.8 Å². The highest BCUT2D eigenvalue weighted by Crippen LogP contribution is 2.14. The molecular weight excluding hydrogens is 160 g/mol. The molecule has 0 heterocycles. The Morgan fingerprint density at radius 2 is 2.10 bits per heavy atom. The predicted octanol–water partition coefficient (Wildman–Crippen LogP) is 4.05. The summed E-state index contributed by atoms with van der Waals surface area (Å²) in [6.45, 7) is 4.58. The van der Waals surface area contributed by atoms with E-state index in [1.165, 1.54) is 25.7 Å². The zero-order valence-corrected chi connectivity index (χ0v) is 8.56. The van der Waals surface area contributed by atoms with Gasteiger partial charge in [-0.2, -0.15) is 0 Å². The smallest absolute Gasteiger partial charge is 0.00454 e. The van der Waals surface area contributed by atoms with Gasteiger partial charge in [-0.1, -0.05) is 43.9 Å². The van der Waals surface area contributed by atoms with Crippen LogP contribution in [0.25, 0.3) is 0 Å². The van der Waals surface area contributed by atoms with Gasteiger partial charge in [0.15, 0.2) is 0 Å². The van der Waals surface area contributed by atoms with E-state index in [0.717, 1.165) is 11.7 Å². The maximum atomic E-state index is 4.78. The Hall–Kier alpha value is 0.700. The van der Waals surface area contributed by atoms with Crippen LogP contribution in [-0.4, -0.2) is 5.75 Å². The summed E-state index contributed by atoms with van der Waals surface area (Å²) < 4.78 is 0. The first-order valence-corrected chi connectivity index (χ1v) is 5.97. The summed E-state index contributed by atoms with van der Waals surface area (Å²) in [5.74, 6) is 2.07. The van der Waals surface area contributed by atoms with E-state index in [0.29, 0.717) is 0 Å². The molecule has 10 heavy (non-hydrogen) atoms. The number of rotatable bonds is 6. The van der Waals surface area contributed by atoms with Crippen molar-refractivity contribution in [1.29, 1.82) is 0 Å². The quantitative estimate of drug-likeness (QED) is 0.436. The van der Waals surface area contributed by atoms with Crippen molar-refractivity contribution in [1.82, 2.24) is 0 Å². The van der Waals surface area contributed by atoms with E-state index in [1.54, 1.807) is 10.8 Å². The molecule has 0 saturated carbocycles. The molecule has 0 aliphatic carbocycles. The van der Waals surface area contributed by atoms with Gasteiger partial charge in [0.1, 0.15) is 0 Å². The van der Waals surface area contributed by atoms with Gasteiger partial charge < -0.3 is 0 Å². The van der Waals surface area contributed by atoms with E-state index in [1.807, 2.05) is 0 Å². The SMILES string of the molecule is CCC(C)CCCCS[S]. The minimum Gasteiger partial charge on any atom is -0.0817 e. The van der Waals surface area contributed by atoms with Crippen molar-refractivity contribution in [2.75, 3.05) is 5.75 Å². The molecule has 1 atom stereocenters. The highest BCUT2D eigenvalue weighted by atomic mass is 33.1. The summed E-state index contributed by atoms with van der Waals surface area (Å²) in [5.41, 5.74) is 0. The van der Waals surface area contributed by atoms with Crippen molar-refractivity contribution >= 4 is 22.5 Å². The Kier molecular flexibility index (Phi) is 8.35. The maximum absolute atomic E-state index is 4.78. The normalized spacial score (nSPS) is 13.5. The van der Waals surface area contributed by atoms with Crippen LogP contribution in [0.4, 0.5) is 0 Å². The number of hydrogen-bond acceptors (Lipinski definition) is 1. The average Bonchev–Trinajstić information content (AvgIpc) is 1.98. The molecular formula is C8H17S2. The third kappa shape index (κ3) is 6.81. The highest BCUT2D eigenvalue weighted by molar-refractivity contribution is 8.68. The first-order valence-electron chi connectivity index (χ1n) is 4.06. The predicted molar refractivity (Wildman–Crippen MR) is 53.4 cm³/mol. The lowest BCUT2D eigenvalue weighted by Crippen LogP contribution is -1.91. The van der Waals surface area contributed by atoms with Crippen molar-refractivity contribution < 1.29 is 0 Å². The third-order valence-corrected chi connectivity index (χ3v) is 2.83. The van der Waals surface area contributed by atoms with Gasteiger partial charge in [0.25, 0.3) is 0 Å². The molecule has 1 radical (unpaired) electrons. The van der Waals surface area contributed by atoms with Crippen LogP contribution >= 0.6 is 22.5 Å². The number of unbranched alkanes of at least 4 members (excludes halogenated alkanes) is 1. The monoisotopic (exact) mass is 177 g/mol. The number of hydrogen-bond donors (Lipinski definition) is 0. The van der Waals surface area contributed by atoms with Crippen LogP contribution in [0.15, 0.2) is 0 Å². The highest BCUT2D eigenvalue weighted by Gasteiger charge is 1.96. The standard InChI is InChI=1S/C8H17S2/c1-3-8(2)6-4-5-7-10-9/h8H,3-7H2,1-2H3. The molecule has 0 bridgehead atoms. The van der Waals surface area contributed by atoms with E-state index in [9.17, 15) is 0 Å². The third-order valence-electron chi connectivity index (χ3n) is 1.87. The van der Waals surface area contributed by atoms with Crippen molar-refractivity contribution in [2.24, 2.45) is 5.92 Å². The zero-order chi connectivity index (χ0) is 7.82. The van der Waals surface area contributed by atoms with Crippen LogP contribution in [0, 0.1) is 5.92 Å². The summed E-state index contributed by atoms with van der Waals surface area (Å²) in [4.78, 5) is 0. The average molecular weight is 177 g/mol. The fourth-order valence-electron chi connectivity index (χ4n) is 0.858. The molecule has 0 nitrogen and oxygen atoms in total. The van der Waals surface area contributed by atoms with Gasteiger partial charge in [-0.3, -0.25) is 0 Å². The van der Waals surface area contributed by atoms with E-state index < -0.39 is 0 Å². The molecule has 2 heteroatoms. The minimum atomic E-state index is 0.912. The van der Waals surface area contributed by atoms with Crippen LogP contribution in [0.2, 0.25) is 0 Å². The van der Waals surface area contributed by atoms with E-state index >= 15 is 0 Å². The Morgan fingerprint density at radius 3 is 2.60 bits per heavy atom. The van der Waals surface area contributed by atoms with Gasteiger partial charge in [-0.05, 0) is 24.0 Å². The second-order valence-corrected chi connectivity index (χ2v) is 4.18. The molecule has 0 rings (SSSR count). The minimum absolute atomic E-state index is 0.912. The van der Waals surface area contributed by atoms with Crippen molar-refractivity contribution in [3.8, 4) is 0 Å². The summed E-state index contributed by atoms with van der Waals surface area (Å²) in [6, 6.07) is 0. The molecule has 0 fully saturated rings. The van der Waals surface area contributed by atoms with Gasteiger partial charge in [-0.15, -0.1) is 0 Å². The topological polar surface area (TPSA) is 0 Å². The first-order chi connectivity index (χ1) is 4.81. The van der Waals surface area contributed by atoms with Gasteiger partial charge in [0, 0.05) is 5.75 Å². The molecule has 0 N–H and O–H groups in total. The van der Waals surface area contributed by atoms with Gasteiger partial charge in [0.2, 0.25) is 0 Å². The molecule has 0 aromatic heterocycles. The van der Waals surface area contributed by atoms with Crippen molar-refractivity contribution in [3.63, 3.8) is 0 Å². The summed E-state index contributed by atoms with van der Waals surface area (Å²) in [5, 5.41) is 0. The Morgan fingerprint density at radius 1 is 1.40 bits per heavy atom.